The number of rotatable bonds is 6. The van der Waals surface area contributed by atoms with Crippen molar-refractivity contribution in [2.24, 2.45) is 21.8 Å². The van der Waals surface area contributed by atoms with Gasteiger partial charge in [-0.1, -0.05) is 51.2 Å². The Kier molecular flexibility index (Phi) is 9.75. The molecule has 2 N–H and O–H groups in total. The molecule has 8 nitrogen and oxygen atoms in total. The molecule has 2 aliphatic heterocycles. The van der Waals surface area contributed by atoms with Gasteiger partial charge in [0.2, 0.25) is 11.8 Å². The molecule has 0 bridgehead atoms. The molecule has 2 amide bonds. The monoisotopic (exact) mass is 554 g/mol. The van der Waals surface area contributed by atoms with Crippen LogP contribution < -0.4 is 10.6 Å². The molecule has 2 aromatic rings. The summed E-state index contributed by atoms with van der Waals surface area (Å²) in [6.07, 6.45) is 7.02. The molecule has 204 valence electrons. The van der Waals surface area contributed by atoms with Crippen LogP contribution in [0.1, 0.15) is 78.6 Å². The summed E-state index contributed by atoms with van der Waals surface area (Å²) >= 11 is 3.05. The average Bonchev–Trinajstić information content (AvgIpc) is 3.35. The highest BCUT2D eigenvalue weighted by atomic mass is 32.2. The first kappa shape index (κ1) is 29.8. The number of hydrogen-bond donors (Lipinski definition) is 2. The fourth-order valence-electron chi connectivity index (χ4n) is 3.65. The minimum absolute atomic E-state index is 0.0142. The molecule has 0 spiro atoms. The lowest BCUT2D eigenvalue weighted by Crippen LogP contribution is -2.38. The maximum absolute atomic E-state index is 12.0. The SMILES string of the molecule is CC(C)[C@@]1(C)SC(=N[C@H](C)c2ccncc2)NC1=O.CC(C)[C@]1(C)SC(=N[C@@H](C)c2ccncc2)NC1=O. The van der Waals surface area contributed by atoms with Crippen LogP contribution in [0.4, 0.5) is 0 Å². The Hall–Kier alpha value is -2.72. The molecule has 2 saturated heterocycles. The van der Waals surface area contributed by atoms with Crippen LogP contribution in [-0.2, 0) is 9.59 Å². The number of aromatic nitrogens is 2. The highest BCUT2D eigenvalue weighted by Crippen LogP contribution is 2.39. The molecule has 4 atom stereocenters. The number of aliphatic imine (C=N–C) groups is 2. The van der Waals surface area contributed by atoms with Crippen LogP contribution >= 0.6 is 23.5 Å². The van der Waals surface area contributed by atoms with Crippen LogP contribution in [-0.4, -0.2) is 41.6 Å². The molecule has 4 rings (SSSR count). The van der Waals surface area contributed by atoms with Crippen molar-refractivity contribution in [3.05, 3.63) is 60.2 Å². The van der Waals surface area contributed by atoms with E-state index in [9.17, 15) is 9.59 Å². The lowest BCUT2D eigenvalue weighted by atomic mass is 9.96. The fraction of sp³-hybridized carbons (Fsp3) is 0.500. The number of pyridine rings is 2. The number of thioether (sulfide) groups is 2. The zero-order valence-electron chi connectivity index (χ0n) is 23.4. The molecule has 38 heavy (non-hydrogen) atoms. The first-order chi connectivity index (χ1) is 17.9. The Morgan fingerprint density at radius 2 is 0.974 bits per heavy atom. The summed E-state index contributed by atoms with van der Waals surface area (Å²) in [4.78, 5) is 41.3. The van der Waals surface area contributed by atoms with E-state index in [4.69, 9.17) is 0 Å². The number of carbonyl (C=O) groups excluding carboxylic acids is 2. The van der Waals surface area contributed by atoms with E-state index in [2.05, 4.69) is 58.3 Å². The third-order valence-corrected chi connectivity index (χ3v) is 10.1. The first-order valence-corrected chi connectivity index (χ1v) is 14.5. The van der Waals surface area contributed by atoms with Gasteiger partial charge in [-0.05, 0) is 74.9 Å². The van der Waals surface area contributed by atoms with E-state index in [1.807, 2.05) is 52.0 Å². The maximum Gasteiger partial charge on any atom is 0.242 e. The highest BCUT2D eigenvalue weighted by Gasteiger charge is 2.46. The molecule has 0 unspecified atom stereocenters. The third kappa shape index (κ3) is 6.83. The summed E-state index contributed by atoms with van der Waals surface area (Å²) in [5.41, 5.74) is 2.19. The van der Waals surface area contributed by atoms with Crippen LogP contribution in [0.5, 0.6) is 0 Å². The van der Waals surface area contributed by atoms with Crippen LogP contribution in [0.3, 0.4) is 0 Å². The molecule has 4 heterocycles. The van der Waals surface area contributed by atoms with Crippen LogP contribution in [0, 0.1) is 11.8 Å². The number of carbonyl (C=O) groups is 2. The minimum Gasteiger partial charge on any atom is -0.304 e. The molecule has 0 aliphatic carbocycles. The van der Waals surface area contributed by atoms with Gasteiger partial charge < -0.3 is 10.6 Å². The Bertz CT molecular complexity index is 1090. The summed E-state index contributed by atoms with van der Waals surface area (Å²) in [6, 6.07) is 7.80. The van der Waals surface area contributed by atoms with Gasteiger partial charge in [-0.2, -0.15) is 0 Å². The Labute approximate surface area is 234 Å². The normalized spacial score (nSPS) is 26.8. The third-order valence-electron chi connectivity index (χ3n) is 7.16. The molecular weight excluding hydrogens is 516 g/mol. The lowest BCUT2D eigenvalue weighted by Gasteiger charge is -2.22. The minimum atomic E-state index is -0.420. The summed E-state index contributed by atoms with van der Waals surface area (Å²) in [5.74, 6) is 0.629. The highest BCUT2D eigenvalue weighted by molar-refractivity contribution is 8.16. The van der Waals surface area contributed by atoms with Gasteiger partial charge >= 0.3 is 0 Å². The van der Waals surface area contributed by atoms with Gasteiger partial charge in [0.05, 0.1) is 12.1 Å². The second-order valence-corrected chi connectivity index (χ2v) is 13.3. The van der Waals surface area contributed by atoms with E-state index in [0.717, 1.165) is 11.1 Å². The van der Waals surface area contributed by atoms with Gasteiger partial charge in [0.1, 0.15) is 9.49 Å². The standard InChI is InChI=1S/2C14H19N3OS/c2*1-9(2)14(4)12(18)17-13(19-14)16-10(3)11-5-7-15-8-6-11/h2*5-10H,1-4H3,(H,16,17,18)/t2*10-,14-/m10/s1. The van der Waals surface area contributed by atoms with Gasteiger partial charge in [0.25, 0.3) is 0 Å². The smallest absolute Gasteiger partial charge is 0.242 e. The largest absolute Gasteiger partial charge is 0.304 e. The zero-order chi connectivity index (χ0) is 28.1. The molecule has 0 radical (unpaired) electrons. The summed E-state index contributed by atoms with van der Waals surface area (Å²) < 4.78 is -0.840. The molecule has 10 heteroatoms. The second kappa shape index (κ2) is 12.4. The molecule has 2 aromatic heterocycles. The van der Waals surface area contributed by atoms with Crippen molar-refractivity contribution in [1.82, 2.24) is 20.6 Å². The van der Waals surface area contributed by atoms with Crippen molar-refractivity contribution in [3.8, 4) is 0 Å². The van der Waals surface area contributed by atoms with Gasteiger partial charge in [0, 0.05) is 24.8 Å². The average molecular weight is 555 g/mol. The predicted molar refractivity (Wildman–Crippen MR) is 158 cm³/mol. The van der Waals surface area contributed by atoms with Gasteiger partial charge in [-0.3, -0.25) is 29.5 Å². The van der Waals surface area contributed by atoms with Crippen molar-refractivity contribution in [3.63, 3.8) is 0 Å². The van der Waals surface area contributed by atoms with Gasteiger partial charge in [-0.25, -0.2) is 0 Å². The Morgan fingerprint density at radius 3 is 1.24 bits per heavy atom. The number of nitrogens with zero attached hydrogens (tertiary/aromatic N) is 4. The topological polar surface area (TPSA) is 109 Å². The second-order valence-electron chi connectivity index (χ2n) is 10.4. The number of amidine groups is 2. The molecule has 0 saturated carbocycles. The van der Waals surface area contributed by atoms with Gasteiger partial charge in [-0.15, -0.1) is 0 Å². The van der Waals surface area contributed by atoms with E-state index in [0.29, 0.717) is 10.3 Å². The van der Waals surface area contributed by atoms with E-state index < -0.39 is 9.49 Å². The lowest BCUT2D eigenvalue weighted by molar-refractivity contribution is -0.122. The van der Waals surface area contributed by atoms with Crippen molar-refractivity contribution < 1.29 is 9.59 Å². The summed E-state index contributed by atoms with van der Waals surface area (Å²) in [5, 5.41) is 7.20. The van der Waals surface area contributed by atoms with Crippen molar-refractivity contribution >= 4 is 45.7 Å². The summed E-state index contributed by atoms with van der Waals surface area (Å²) in [7, 11) is 0. The van der Waals surface area contributed by atoms with E-state index >= 15 is 0 Å². The molecule has 2 fully saturated rings. The van der Waals surface area contributed by atoms with E-state index in [-0.39, 0.29) is 35.7 Å². The zero-order valence-corrected chi connectivity index (χ0v) is 25.0. The van der Waals surface area contributed by atoms with E-state index in [1.54, 1.807) is 24.8 Å². The van der Waals surface area contributed by atoms with Crippen molar-refractivity contribution in [2.75, 3.05) is 0 Å². The maximum atomic E-state index is 12.0. The van der Waals surface area contributed by atoms with Gasteiger partial charge in [0.15, 0.2) is 10.3 Å². The van der Waals surface area contributed by atoms with Crippen LogP contribution in [0.2, 0.25) is 0 Å². The van der Waals surface area contributed by atoms with Crippen molar-refractivity contribution in [1.29, 1.82) is 0 Å². The number of amides is 2. The predicted octanol–water partition coefficient (Wildman–Crippen LogP) is 5.55. The van der Waals surface area contributed by atoms with Crippen LogP contribution in [0.25, 0.3) is 0 Å². The summed E-state index contributed by atoms with van der Waals surface area (Å²) in [6.45, 7) is 16.2. The first-order valence-electron chi connectivity index (χ1n) is 12.8. The molecule has 2 aliphatic rings. The fourth-order valence-corrected chi connectivity index (χ4v) is 5.92. The number of hydrogen-bond acceptors (Lipinski definition) is 8. The quantitative estimate of drug-likeness (QED) is 0.484. The molecular formula is C28H38N6O2S2. The van der Waals surface area contributed by atoms with Crippen LogP contribution in [0.15, 0.2) is 59.0 Å². The Morgan fingerprint density at radius 1 is 0.658 bits per heavy atom. The number of nitrogens with one attached hydrogen (secondary N) is 2. The molecule has 0 aromatic carbocycles. The van der Waals surface area contributed by atoms with E-state index in [1.165, 1.54) is 23.5 Å². The van der Waals surface area contributed by atoms with Crippen molar-refractivity contribution in [2.45, 2.75) is 77.0 Å². The Balaban J connectivity index is 0.000000211.